The summed E-state index contributed by atoms with van der Waals surface area (Å²) >= 11 is 0. The summed E-state index contributed by atoms with van der Waals surface area (Å²) < 4.78 is 10.4. The number of benzene rings is 1. The van der Waals surface area contributed by atoms with Crippen LogP contribution in [0.5, 0.6) is 11.5 Å². The van der Waals surface area contributed by atoms with Crippen molar-refractivity contribution in [2.45, 2.75) is 0 Å². The van der Waals surface area contributed by atoms with Crippen molar-refractivity contribution in [3.05, 3.63) is 42.1 Å². The Morgan fingerprint density at radius 3 is 2.89 bits per heavy atom. The van der Waals surface area contributed by atoms with E-state index in [1.165, 1.54) is 0 Å². The Labute approximate surface area is 109 Å². The molecule has 1 aromatic carbocycles. The molecule has 2 aromatic rings. The molecule has 19 heavy (non-hydrogen) atoms. The van der Waals surface area contributed by atoms with Crippen LogP contribution >= 0.6 is 0 Å². The summed E-state index contributed by atoms with van der Waals surface area (Å²) in [5.74, 6) is 1.25. The zero-order valence-corrected chi connectivity index (χ0v) is 9.92. The van der Waals surface area contributed by atoms with Crippen LogP contribution in [0.2, 0.25) is 0 Å². The van der Waals surface area contributed by atoms with E-state index < -0.39 is 0 Å². The normalized spacial score (nSPS) is 12.2. The van der Waals surface area contributed by atoms with Gasteiger partial charge in [0.05, 0.1) is 0 Å². The highest BCUT2D eigenvalue weighted by molar-refractivity contribution is 6.03. The number of aromatic nitrogens is 1. The third-order valence-corrected chi connectivity index (χ3v) is 2.63. The van der Waals surface area contributed by atoms with E-state index in [0.717, 1.165) is 0 Å². The number of amides is 1. The second-order valence-electron chi connectivity index (χ2n) is 3.97. The summed E-state index contributed by atoms with van der Waals surface area (Å²) in [6, 6.07) is 10.1. The van der Waals surface area contributed by atoms with Gasteiger partial charge in [-0.15, -0.1) is 0 Å². The highest BCUT2D eigenvalue weighted by atomic mass is 16.7. The first-order valence-electron chi connectivity index (χ1n) is 5.66. The summed E-state index contributed by atoms with van der Waals surface area (Å²) in [7, 11) is 0. The molecule has 0 radical (unpaired) electrons. The molecule has 0 saturated heterocycles. The molecule has 0 fully saturated rings. The van der Waals surface area contributed by atoms with Gasteiger partial charge < -0.3 is 20.5 Å². The average molecular weight is 257 g/mol. The molecule has 0 spiro atoms. The topological polar surface area (TPSA) is 86.5 Å². The largest absolute Gasteiger partial charge is 0.454 e. The maximum absolute atomic E-state index is 12.0. The number of pyridine rings is 1. The van der Waals surface area contributed by atoms with Crippen LogP contribution in [0.1, 0.15) is 10.5 Å². The third-order valence-electron chi connectivity index (χ3n) is 2.63. The van der Waals surface area contributed by atoms with Gasteiger partial charge in [-0.1, -0.05) is 6.07 Å². The van der Waals surface area contributed by atoms with E-state index in [9.17, 15) is 4.79 Å². The molecule has 0 atom stereocenters. The van der Waals surface area contributed by atoms with Crippen LogP contribution in [-0.4, -0.2) is 17.7 Å². The molecule has 3 rings (SSSR count). The molecular weight excluding hydrogens is 246 g/mol. The van der Waals surface area contributed by atoms with Crippen LogP contribution in [0, 0.1) is 0 Å². The van der Waals surface area contributed by atoms with Crippen molar-refractivity contribution in [3.63, 3.8) is 0 Å². The average Bonchev–Trinajstić information content (AvgIpc) is 2.86. The van der Waals surface area contributed by atoms with Crippen LogP contribution in [0.4, 0.5) is 11.5 Å². The highest BCUT2D eigenvalue weighted by Gasteiger charge is 2.15. The maximum atomic E-state index is 12.0. The molecule has 3 N–H and O–H groups in total. The number of carbonyl (C=O) groups excluding carboxylic acids is 1. The van der Waals surface area contributed by atoms with Crippen molar-refractivity contribution in [3.8, 4) is 11.5 Å². The maximum Gasteiger partial charge on any atom is 0.274 e. The second-order valence-corrected chi connectivity index (χ2v) is 3.97. The molecule has 2 heterocycles. The Morgan fingerprint density at radius 2 is 2.05 bits per heavy atom. The standard InChI is InChI=1S/C13H11N3O3/c14-12-3-1-2-9(16-12)13(17)15-8-4-5-10-11(6-8)19-7-18-10/h1-6H,7H2,(H2,14,16)(H,15,17). The number of hydrogen-bond acceptors (Lipinski definition) is 5. The number of nitrogens with two attached hydrogens (primary N) is 1. The fraction of sp³-hybridized carbons (Fsp3) is 0.0769. The highest BCUT2D eigenvalue weighted by Crippen LogP contribution is 2.34. The molecule has 1 aromatic heterocycles. The minimum Gasteiger partial charge on any atom is -0.454 e. The van der Waals surface area contributed by atoms with E-state index in [-0.39, 0.29) is 18.4 Å². The van der Waals surface area contributed by atoms with Gasteiger partial charge in [0.2, 0.25) is 6.79 Å². The molecule has 6 heteroatoms. The lowest BCUT2D eigenvalue weighted by Crippen LogP contribution is -2.14. The first-order chi connectivity index (χ1) is 9.22. The Bertz CT molecular complexity index is 643. The van der Waals surface area contributed by atoms with Gasteiger partial charge in [-0.25, -0.2) is 4.98 Å². The number of carbonyl (C=O) groups is 1. The van der Waals surface area contributed by atoms with Gasteiger partial charge in [-0.2, -0.15) is 0 Å². The lowest BCUT2D eigenvalue weighted by Gasteiger charge is -2.06. The summed E-state index contributed by atoms with van der Waals surface area (Å²) in [4.78, 5) is 15.9. The minimum absolute atomic E-state index is 0.198. The van der Waals surface area contributed by atoms with Crippen LogP contribution in [-0.2, 0) is 0 Å². The number of rotatable bonds is 2. The molecule has 0 aliphatic carbocycles. The molecule has 1 aliphatic heterocycles. The van der Waals surface area contributed by atoms with Crippen molar-refractivity contribution < 1.29 is 14.3 Å². The van der Waals surface area contributed by atoms with Crippen molar-refractivity contribution >= 4 is 17.4 Å². The smallest absolute Gasteiger partial charge is 0.274 e. The summed E-state index contributed by atoms with van der Waals surface area (Å²) in [5, 5.41) is 2.72. The first kappa shape index (κ1) is 11.3. The zero-order valence-electron chi connectivity index (χ0n) is 9.92. The zero-order chi connectivity index (χ0) is 13.2. The number of anilines is 2. The fourth-order valence-electron chi connectivity index (χ4n) is 1.75. The van der Waals surface area contributed by atoms with E-state index in [2.05, 4.69) is 10.3 Å². The lowest BCUT2D eigenvalue weighted by molar-refractivity contribution is 0.102. The van der Waals surface area contributed by atoms with Gasteiger partial charge in [0.1, 0.15) is 11.5 Å². The van der Waals surface area contributed by atoms with Crippen molar-refractivity contribution in [2.24, 2.45) is 0 Å². The summed E-state index contributed by atoms with van der Waals surface area (Å²) in [5.41, 5.74) is 6.41. The predicted molar refractivity (Wildman–Crippen MR) is 69.2 cm³/mol. The Balaban J connectivity index is 1.80. The molecule has 0 bridgehead atoms. The number of nitrogen functional groups attached to an aromatic ring is 1. The van der Waals surface area contributed by atoms with E-state index in [0.29, 0.717) is 23.0 Å². The third kappa shape index (κ3) is 2.28. The number of nitrogens with one attached hydrogen (secondary N) is 1. The van der Waals surface area contributed by atoms with Gasteiger partial charge >= 0.3 is 0 Å². The van der Waals surface area contributed by atoms with Crippen molar-refractivity contribution in [2.75, 3.05) is 17.8 Å². The van der Waals surface area contributed by atoms with Gasteiger partial charge in [0.25, 0.3) is 5.91 Å². The van der Waals surface area contributed by atoms with Crippen LogP contribution < -0.4 is 20.5 Å². The van der Waals surface area contributed by atoms with E-state index >= 15 is 0 Å². The molecule has 1 amide bonds. The minimum atomic E-state index is -0.328. The molecule has 0 saturated carbocycles. The van der Waals surface area contributed by atoms with Crippen LogP contribution in [0.3, 0.4) is 0 Å². The Morgan fingerprint density at radius 1 is 1.21 bits per heavy atom. The summed E-state index contributed by atoms with van der Waals surface area (Å²) in [6.45, 7) is 0.198. The number of fused-ring (bicyclic) bond motifs is 1. The Kier molecular flexibility index (Phi) is 2.68. The Hall–Kier alpha value is -2.76. The molecule has 6 nitrogen and oxygen atoms in total. The van der Waals surface area contributed by atoms with Gasteiger partial charge in [0, 0.05) is 11.8 Å². The van der Waals surface area contributed by atoms with Gasteiger partial charge in [-0.05, 0) is 24.3 Å². The first-order valence-corrected chi connectivity index (χ1v) is 5.66. The van der Waals surface area contributed by atoms with Crippen molar-refractivity contribution in [1.82, 2.24) is 4.98 Å². The number of hydrogen-bond donors (Lipinski definition) is 2. The number of nitrogens with zero attached hydrogens (tertiary/aromatic N) is 1. The monoisotopic (exact) mass is 257 g/mol. The molecule has 96 valence electrons. The second kappa shape index (κ2) is 4.49. The number of ether oxygens (including phenoxy) is 2. The van der Waals surface area contributed by atoms with Gasteiger partial charge in [-0.3, -0.25) is 4.79 Å². The lowest BCUT2D eigenvalue weighted by atomic mass is 10.2. The van der Waals surface area contributed by atoms with E-state index in [1.54, 1.807) is 36.4 Å². The van der Waals surface area contributed by atoms with E-state index in [1.807, 2.05) is 0 Å². The quantitative estimate of drug-likeness (QED) is 0.854. The molecular formula is C13H11N3O3. The van der Waals surface area contributed by atoms with Crippen LogP contribution in [0.15, 0.2) is 36.4 Å². The van der Waals surface area contributed by atoms with E-state index in [4.69, 9.17) is 15.2 Å². The fourth-order valence-corrected chi connectivity index (χ4v) is 1.75. The van der Waals surface area contributed by atoms with Gasteiger partial charge in [0.15, 0.2) is 11.5 Å². The summed E-state index contributed by atoms with van der Waals surface area (Å²) in [6.07, 6.45) is 0. The molecule has 0 unspecified atom stereocenters. The predicted octanol–water partition coefficient (Wildman–Crippen LogP) is 1.64. The SMILES string of the molecule is Nc1cccc(C(=O)Nc2ccc3c(c2)OCO3)n1. The van der Waals surface area contributed by atoms with Crippen molar-refractivity contribution in [1.29, 1.82) is 0 Å². The van der Waals surface area contributed by atoms with Crippen LogP contribution in [0.25, 0.3) is 0 Å². The molecule has 1 aliphatic rings.